The molecule has 0 spiro atoms. The molecular weight excluding hydrogens is 296 g/mol. The van der Waals surface area contributed by atoms with Crippen molar-refractivity contribution >= 4 is 23.2 Å². The molecule has 2 rings (SSSR count). The number of aromatic nitrogens is 2. The normalized spacial score (nSPS) is 22.0. The SMILES string of the molecule is CON(C)C(=O)[C@H]1CC[C@H](n2ncc(N)c(Cl)c2=O)CC1. The lowest BCUT2D eigenvalue weighted by Gasteiger charge is -2.30. The predicted octanol–water partition coefficient (Wildman–Crippen LogP) is 1.23. The summed E-state index contributed by atoms with van der Waals surface area (Å²) in [5, 5.41) is 5.31. The Labute approximate surface area is 127 Å². The Bertz CT molecular complexity index is 581. The van der Waals surface area contributed by atoms with Crippen LogP contribution < -0.4 is 11.3 Å². The number of hydrogen-bond donors (Lipinski definition) is 1. The van der Waals surface area contributed by atoms with Crippen LogP contribution in [-0.2, 0) is 9.63 Å². The highest BCUT2D eigenvalue weighted by molar-refractivity contribution is 6.32. The zero-order valence-corrected chi connectivity index (χ0v) is 12.8. The van der Waals surface area contributed by atoms with Gasteiger partial charge in [-0.1, -0.05) is 11.6 Å². The number of rotatable bonds is 3. The van der Waals surface area contributed by atoms with Crippen LogP contribution in [0.2, 0.25) is 5.02 Å². The summed E-state index contributed by atoms with van der Waals surface area (Å²) >= 11 is 5.87. The standard InChI is InChI=1S/C13H19ClN4O3/c1-17(21-2)12(19)8-3-5-9(6-4-8)18-13(20)11(14)10(15)7-16-18/h7-9H,3-6,15H2,1-2H3/t8-,9-. The number of halogens is 1. The van der Waals surface area contributed by atoms with Gasteiger partial charge in [-0.3, -0.25) is 14.4 Å². The Morgan fingerprint density at radius 3 is 2.67 bits per heavy atom. The molecule has 2 N–H and O–H groups in total. The van der Waals surface area contributed by atoms with Crippen molar-refractivity contribution < 1.29 is 9.63 Å². The van der Waals surface area contributed by atoms with Crippen molar-refractivity contribution in [2.75, 3.05) is 19.9 Å². The van der Waals surface area contributed by atoms with Crippen LogP contribution in [0.1, 0.15) is 31.7 Å². The molecule has 0 saturated heterocycles. The first-order chi connectivity index (χ1) is 9.95. The largest absolute Gasteiger partial charge is 0.396 e. The molecule has 8 heteroatoms. The quantitative estimate of drug-likeness (QED) is 0.847. The van der Waals surface area contributed by atoms with Gasteiger partial charge in [0.15, 0.2) is 0 Å². The van der Waals surface area contributed by atoms with Gasteiger partial charge in [-0.2, -0.15) is 5.10 Å². The molecule has 1 fully saturated rings. The third-order valence-electron chi connectivity index (χ3n) is 3.95. The summed E-state index contributed by atoms with van der Waals surface area (Å²) in [7, 11) is 3.06. The maximum absolute atomic E-state index is 12.1. The second-order valence-electron chi connectivity index (χ2n) is 5.19. The van der Waals surface area contributed by atoms with Crippen LogP contribution in [0, 0.1) is 5.92 Å². The van der Waals surface area contributed by atoms with Crippen molar-refractivity contribution in [2.45, 2.75) is 31.7 Å². The van der Waals surface area contributed by atoms with E-state index in [0.717, 1.165) is 0 Å². The van der Waals surface area contributed by atoms with E-state index in [1.165, 1.54) is 23.1 Å². The minimum absolute atomic E-state index is 0.00214. The first-order valence-electron chi connectivity index (χ1n) is 6.80. The van der Waals surface area contributed by atoms with E-state index in [-0.39, 0.29) is 34.1 Å². The van der Waals surface area contributed by atoms with Crippen molar-refractivity contribution in [1.82, 2.24) is 14.8 Å². The average Bonchev–Trinajstić information content (AvgIpc) is 2.51. The lowest BCUT2D eigenvalue weighted by molar-refractivity contribution is -0.174. The monoisotopic (exact) mass is 314 g/mol. The molecule has 21 heavy (non-hydrogen) atoms. The molecule has 0 aromatic carbocycles. The number of nitrogens with two attached hydrogens (primary N) is 1. The minimum Gasteiger partial charge on any atom is -0.396 e. The van der Waals surface area contributed by atoms with E-state index in [9.17, 15) is 9.59 Å². The fourth-order valence-corrected chi connectivity index (χ4v) is 2.77. The van der Waals surface area contributed by atoms with Gasteiger partial charge >= 0.3 is 0 Å². The van der Waals surface area contributed by atoms with Gasteiger partial charge in [-0.05, 0) is 25.7 Å². The van der Waals surface area contributed by atoms with Gasteiger partial charge < -0.3 is 5.73 Å². The average molecular weight is 315 g/mol. The van der Waals surface area contributed by atoms with E-state index >= 15 is 0 Å². The van der Waals surface area contributed by atoms with E-state index in [0.29, 0.717) is 25.7 Å². The highest BCUT2D eigenvalue weighted by Crippen LogP contribution is 2.32. The van der Waals surface area contributed by atoms with E-state index in [1.54, 1.807) is 7.05 Å². The molecule has 0 bridgehead atoms. The molecule has 1 aliphatic carbocycles. The molecular formula is C13H19ClN4O3. The third kappa shape index (κ3) is 3.19. The van der Waals surface area contributed by atoms with Crippen molar-refractivity contribution in [3.63, 3.8) is 0 Å². The molecule has 1 amide bonds. The van der Waals surface area contributed by atoms with E-state index < -0.39 is 0 Å². The molecule has 0 radical (unpaired) electrons. The molecule has 0 atom stereocenters. The third-order valence-corrected chi connectivity index (χ3v) is 4.33. The molecule has 0 unspecified atom stereocenters. The van der Waals surface area contributed by atoms with Crippen LogP contribution in [0.4, 0.5) is 5.69 Å². The number of carbonyl (C=O) groups excluding carboxylic acids is 1. The van der Waals surface area contributed by atoms with Gasteiger partial charge in [-0.15, -0.1) is 0 Å². The van der Waals surface area contributed by atoms with E-state index in [2.05, 4.69) is 5.10 Å². The molecule has 116 valence electrons. The summed E-state index contributed by atoms with van der Waals surface area (Å²) in [5.74, 6) is -0.113. The van der Waals surface area contributed by atoms with Crippen LogP contribution in [0.15, 0.2) is 11.0 Å². The van der Waals surface area contributed by atoms with Gasteiger partial charge in [-0.25, -0.2) is 9.75 Å². The highest BCUT2D eigenvalue weighted by atomic mass is 35.5. The Morgan fingerprint density at radius 1 is 1.48 bits per heavy atom. The second kappa shape index (κ2) is 6.44. The van der Waals surface area contributed by atoms with Crippen molar-refractivity contribution in [3.05, 3.63) is 21.6 Å². The molecule has 7 nitrogen and oxygen atoms in total. The topological polar surface area (TPSA) is 90.4 Å². The molecule has 1 aliphatic rings. The van der Waals surface area contributed by atoms with Gasteiger partial charge in [0.1, 0.15) is 5.02 Å². The molecule has 0 aliphatic heterocycles. The fraction of sp³-hybridized carbons (Fsp3) is 0.615. The van der Waals surface area contributed by atoms with Crippen LogP contribution in [0.25, 0.3) is 0 Å². The van der Waals surface area contributed by atoms with Crippen LogP contribution >= 0.6 is 11.6 Å². The van der Waals surface area contributed by atoms with Crippen molar-refractivity contribution in [2.24, 2.45) is 5.92 Å². The zero-order chi connectivity index (χ0) is 15.6. The number of hydroxylamine groups is 2. The number of amides is 1. The second-order valence-corrected chi connectivity index (χ2v) is 5.57. The van der Waals surface area contributed by atoms with Crippen LogP contribution in [0.5, 0.6) is 0 Å². The number of carbonyl (C=O) groups is 1. The van der Waals surface area contributed by atoms with Gasteiger partial charge in [0.05, 0.1) is 25.0 Å². The smallest absolute Gasteiger partial charge is 0.287 e. The number of hydrogen-bond acceptors (Lipinski definition) is 5. The summed E-state index contributed by atoms with van der Waals surface area (Å²) in [4.78, 5) is 29.0. The Hall–Kier alpha value is -1.60. The Kier molecular flexibility index (Phi) is 4.84. The van der Waals surface area contributed by atoms with Gasteiger partial charge in [0.25, 0.3) is 5.56 Å². The maximum Gasteiger partial charge on any atom is 0.287 e. The zero-order valence-electron chi connectivity index (χ0n) is 12.1. The Balaban J connectivity index is 2.07. The van der Waals surface area contributed by atoms with Crippen LogP contribution in [0.3, 0.4) is 0 Å². The summed E-state index contributed by atoms with van der Waals surface area (Å²) in [6.45, 7) is 0. The first-order valence-corrected chi connectivity index (χ1v) is 7.18. The van der Waals surface area contributed by atoms with E-state index in [1.807, 2.05) is 0 Å². The molecule has 1 aromatic rings. The van der Waals surface area contributed by atoms with E-state index in [4.69, 9.17) is 22.2 Å². The number of nitrogen functional groups attached to an aromatic ring is 1. The summed E-state index contributed by atoms with van der Waals surface area (Å²) in [5.41, 5.74) is 5.37. The van der Waals surface area contributed by atoms with Gasteiger partial charge in [0.2, 0.25) is 5.91 Å². The van der Waals surface area contributed by atoms with Crippen molar-refractivity contribution in [1.29, 1.82) is 0 Å². The summed E-state index contributed by atoms with van der Waals surface area (Å²) in [6.07, 6.45) is 4.16. The number of anilines is 1. The van der Waals surface area contributed by atoms with Gasteiger partial charge in [0, 0.05) is 13.0 Å². The highest BCUT2D eigenvalue weighted by Gasteiger charge is 2.30. The summed E-state index contributed by atoms with van der Waals surface area (Å²) in [6, 6.07) is -0.0486. The molecule has 1 aromatic heterocycles. The fourth-order valence-electron chi connectivity index (χ4n) is 2.63. The predicted molar refractivity (Wildman–Crippen MR) is 78.7 cm³/mol. The Morgan fingerprint density at radius 2 is 2.10 bits per heavy atom. The summed E-state index contributed by atoms with van der Waals surface area (Å²) < 4.78 is 1.37. The minimum atomic E-state index is -0.375. The molecule has 1 heterocycles. The number of nitrogens with zero attached hydrogens (tertiary/aromatic N) is 3. The lowest BCUT2D eigenvalue weighted by Crippen LogP contribution is -2.36. The molecule has 1 saturated carbocycles. The first kappa shape index (κ1) is 15.8. The van der Waals surface area contributed by atoms with Crippen LogP contribution in [-0.4, -0.2) is 34.9 Å². The van der Waals surface area contributed by atoms with Crippen molar-refractivity contribution in [3.8, 4) is 0 Å². The maximum atomic E-state index is 12.1. The lowest BCUT2D eigenvalue weighted by atomic mass is 9.85.